The van der Waals surface area contributed by atoms with Crippen LogP contribution >= 0.6 is 0 Å². The maximum absolute atomic E-state index is 12.1. The van der Waals surface area contributed by atoms with E-state index in [1.807, 2.05) is 37.4 Å². The van der Waals surface area contributed by atoms with Crippen LogP contribution in [0.2, 0.25) is 0 Å². The van der Waals surface area contributed by atoms with Gasteiger partial charge in [0.05, 0.1) is 0 Å². The van der Waals surface area contributed by atoms with E-state index in [1.165, 1.54) is 32.1 Å². The normalized spacial score (nSPS) is 21.3. The molecule has 0 spiro atoms. The molecule has 0 radical (unpaired) electrons. The number of aryl methyl sites for hydroxylation is 1. The molecule has 4 nitrogen and oxygen atoms in total. The van der Waals surface area contributed by atoms with Crippen LogP contribution in [0.1, 0.15) is 43.2 Å². The summed E-state index contributed by atoms with van der Waals surface area (Å²) in [7, 11) is 0. The number of carbonyl (C=O) groups excluding carboxylic acids is 1. The van der Waals surface area contributed by atoms with E-state index in [1.54, 1.807) is 0 Å². The molecule has 0 N–H and O–H groups in total. The fraction of sp³-hybridized carbons (Fsp3) is 0.444. The van der Waals surface area contributed by atoms with Gasteiger partial charge in [0.2, 0.25) is 0 Å². The van der Waals surface area contributed by atoms with E-state index in [-0.39, 0.29) is 5.97 Å². The minimum absolute atomic E-state index is 0.347. The zero-order valence-electron chi connectivity index (χ0n) is 13.0. The van der Waals surface area contributed by atoms with Crippen LogP contribution < -0.4 is 0 Å². The quantitative estimate of drug-likeness (QED) is 0.620. The Bertz CT molecular complexity index is 611. The number of hydrogen-bond donors (Lipinski definition) is 0. The van der Waals surface area contributed by atoms with Crippen molar-refractivity contribution in [1.29, 1.82) is 0 Å². The Hall–Kier alpha value is -2.10. The molecule has 0 bridgehead atoms. The molecule has 0 aromatic heterocycles. The van der Waals surface area contributed by atoms with Gasteiger partial charge < -0.3 is 9.74 Å². The molecule has 0 unspecified atom stereocenters. The molecule has 116 valence electrons. The lowest BCUT2D eigenvalue weighted by Gasteiger charge is -2.23. The van der Waals surface area contributed by atoms with Crippen LogP contribution in [0.15, 0.2) is 41.2 Å². The summed E-state index contributed by atoms with van der Waals surface area (Å²) in [4.78, 5) is 19.2. The molecule has 0 amide bonds. The number of oxime groups is 1. The van der Waals surface area contributed by atoms with Gasteiger partial charge in [-0.05, 0) is 25.3 Å². The second kappa shape index (κ2) is 6.77. The molecule has 2 aliphatic heterocycles. The zero-order chi connectivity index (χ0) is 15.4. The zero-order valence-corrected chi connectivity index (χ0v) is 13.0. The average molecular weight is 298 g/mol. The van der Waals surface area contributed by atoms with E-state index in [0.717, 1.165) is 24.2 Å². The number of hydrogen-bond acceptors (Lipinski definition) is 4. The Balaban J connectivity index is 1.86. The van der Waals surface area contributed by atoms with E-state index >= 15 is 0 Å². The second-order valence-corrected chi connectivity index (χ2v) is 5.98. The van der Waals surface area contributed by atoms with Gasteiger partial charge in [0.15, 0.2) is 0 Å². The minimum atomic E-state index is -0.347. The van der Waals surface area contributed by atoms with Gasteiger partial charge >= 0.3 is 5.97 Å². The first-order valence-corrected chi connectivity index (χ1v) is 8.07. The Morgan fingerprint density at radius 3 is 2.50 bits per heavy atom. The number of nitrogens with zero attached hydrogens (tertiary/aromatic N) is 2. The third kappa shape index (κ3) is 3.21. The lowest BCUT2D eigenvalue weighted by molar-refractivity contribution is -0.136. The summed E-state index contributed by atoms with van der Waals surface area (Å²) < 4.78 is 0. The molecule has 22 heavy (non-hydrogen) atoms. The number of carbonyl (C=O) groups is 1. The lowest BCUT2D eigenvalue weighted by Crippen LogP contribution is -2.24. The average Bonchev–Trinajstić information content (AvgIpc) is 2.83. The topological polar surface area (TPSA) is 41.9 Å². The smallest absolute Gasteiger partial charge is 0.369 e. The molecule has 1 aromatic carbocycles. The van der Waals surface area contributed by atoms with Gasteiger partial charge in [0.1, 0.15) is 11.3 Å². The van der Waals surface area contributed by atoms with Crippen LogP contribution in [-0.2, 0) is 9.63 Å². The summed E-state index contributed by atoms with van der Waals surface area (Å²) in [6.45, 7) is 4.02. The first kappa shape index (κ1) is 14.8. The summed E-state index contributed by atoms with van der Waals surface area (Å²) in [6.07, 6.45) is 8.16. The second-order valence-electron chi connectivity index (χ2n) is 5.98. The van der Waals surface area contributed by atoms with Crippen molar-refractivity contribution in [3.63, 3.8) is 0 Å². The van der Waals surface area contributed by atoms with Crippen molar-refractivity contribution < 1.29 is 9.63 Å². The number of benzene rings is 1. The molecular formula is C18H22N2O2. The molecule has 1 saturated heterocycles. The standard InChI is InChI=1S/C18H22N2O2/c1-14-9-5-6-10-15(14)17-16(18(21)22-19-17)13-20-11-7-3-2-4-8-12-20/h5-6,9-10,13H,2-4,7-8,11-12H2,1H3. The molecule has 0 atom stereocenters. The van der Waals surface area contributed by atoms with Gasteiger partial charge in [-0.1, -0.05) is 48.7 Å². The highest BCUT2D eigenvalue weighted by molar-refractivity contribution is 6.29. The molecule has 4 heteroatoms. The van der Waals surface area contributed by atoms with Gasteiger partial charge in [-0.2, -0.15) is 0 Å². The summed E-state index contributed by atoms with van der Waals surface area (Å²) >= 11 is 0. The SMILES string of the molecule is Cc1ccccc1C1=NOC(=O)C1=CN1CCCCCCC1. The summed E-state index contributed by atoms with van der Waals surface area (Å²) in [5, 5.41) is 4.01. The largest absolute Gasteiger partial charge is 0.377 e. The van der Waals surface area contributed by atoms with Crippen LogP contribution in [0.4, 0.5) is 0 Å². The Kier molecular flexibility index (Phi) is 4.56. The van der Waals surface area contributed by atoms with Gasteiger partial charge in [-0.15, -0.1) is 0 Å². The van der Waals surface area contributed by atoms with Crippen molar-refractivity contribution in [2.45, 2.75) is 39.0 Å². The van der Waals surface area contributed by atoms with E-state index in [4.69, 9.17) is 4.84 Å². The molecule has 0 aliphatic carbocycles. The molecule has 1 aromatic rings. The lowest BCUT2D eigenvalue weighted by atomic mass is 9.99. The van der Waals surface area contributed by atoms with Gasteiger partial charge in [0.25, 0.3) is 0 Å². The molecule has 2 heterocycles. The molecule has 1 fully saturated rings. The highest BCUT2D eigenvalue weighted by Gasteiger charge is 2.28. The summed E-state index contributed by atoms with van der Waals surface area (Å²) in [5.41, 5.74) is 3.30. The number of rotatable bonds is 2. The minimum Gasteiger partial charge on any atom is -0.377 e. The highest BCUT2D eigenvalue weighted by Crippen LogP contribution is 2.22. The van der Waals surface area contributed by atoms with Crippen LogP contribution in [0, 0.1) is 6.92 Å². The summed E-state index contributed by atoms with van der Waals surface area (Å²) in [6, 6.07) is 7.95. The van der Waals surface area contributed by atoms with Crippen molar-refractivity contribution in [2.75, 3.05) is 13.1 Å². The van der Waals surface area contributed by atoms with Crippen LogP contribution in [-0.4, -0.2) is 29.7 Å². The molecule has 0 saturated carbocycles. The van der Waals surface area contributed by atoms with Crippen molar-refractivity contribution >= 4 is 11.7 Å². The van der Waals surface area contributed by atoms with Gasteiger partial charge in [-0.3, -0.25) is 0 Å². The fourth-order valence-corrected chi connectivity index (χ4v) is 3.01. The van der Waals surface area contributed by atoms with E-state index in [9.17, 15) is 4.79 Å². The maximum Gasteiger partial charge on any atom is 0.369 e. The van der Waals surface area contributed by atoms with E-state index in [2.05, 4.69) is 10.1 Å². The van der Waals surface area contributed by atoms with Crippen LogP contribution in [0.5, 0.6) is 0 Å². The first-order valence-electron chi connectivity index (χ1n) is 8.07. The maximum atomic E-state index is 12.1. The monoisotopic (exact) mass is 298 g/mol. The van der Waals surface area contributed by atoms with Crippen molar-refractivity contribution in [3.8, 4) is 0 Å². The van der Waals surface area contributed by atoms with Crippen LogP contribution in [0.25, 0.3) is 0 Å². The Morgan fingerprint density at radius 1 is 1.09 bits per heavy atom. The van der Waals surface area contributed by atoms with Gasteiger partial charge in [-0.25, -0.2) is 4.79 Å². The van der Waals surface area contributed by atoms with E-state index in [0.29, 0.717) is 11.3 Å². The van der Waals surface area contributed by atoms with Crippen molar-refractivity contribution in [2.24, 2.45) is 5.16 Å². The highest BCUT2D eigenvalue weighted by atomic mass is 16.7. The predicted octanol–water partition coefficient (Wildman–Crippen LogP) is 3.41. The van der Waals surface area contributed by atoms with Gasteiger partial charge in [0, 0.05) is 24.9 Å². The number of likely N-dealkylation sites (tertiary alicyclic amines) is 1. The van der Waals surface area contributed by atoms with Crippen molar-refractivity contribution in [1.82, 2.24) is 4.90 Å². The predicted molar refractivity (Wildman–Crippen MR) is 86.5 cm³/mol. The molecule has 3 rings (SSSR count). The summed E-state index contributed by atoms with van der Waals surface area (Å²) in [5.74, 6) is -0.347. The third-order valence-electron chi connectivity index (χ3n) is 4.30. The fourth-order valence-electron chi connectivity index (χ4n) is 3.01. The molecular weight excluding hydrogens is 276 g/mol. The van der Waals surface area contributed by atoms with Crippen molar-refractivity contribution in [3.05, 3.63) is 47.2 Å². The third-order valence-corrected chi connectivity index (χ3v) is 4.30. The first-order chi connectivity index (χ1) is 10.8. The molecule has 2 aliphatic rings. The Labute approximate surface area is 131 Å². The Morgan fingerprint density at radius 2 is 1.77 bits per heavy atom. The van der Waals surface area contributed by atoms with Crippen LogP contribution in [0.3, 0.4) is 0 Å². The van der Waals surface area contributed by atoms with E-state index < -0.39 is 0 Å².